The molecule has 0 radical (unpaired) electrons. The lowest BCUT2D eigenvalue weighted by Gasteiger charge is -2.11. The number of anilines is 1. The molecule has 4 nitrogen and oxygen atoms in total. The molecule has 0 aliphatic rings. The Morgan fingerprint density at radius 2 is 1.85 bits per heavy atom. The summed E-state index contributed by atoms with van der Waals surface area (Å²) in [6, 6.07) is 15.4. The number of carbonyl (C=O) groups is 1. The number of benzene rings is 2. The number of methoxy groups -OCH3 is 1. The second-order valence-electron chi connectivity index (χ2n) is 6.48. The molecule has 27 heavy (non-hydrogen) atoms. The number of pyridine rings is 1. The first-order valence-electron chi connectivity index (χ1n) is 8.70. The lowest BCUT2D eigenvalue weighted by atomic mass is 10.0. The molecule has 5 heteroatoms. The average Bonchev–Trinajstić information content (AvgIpc) is 2.68. The van der Waals surface area contributed by atoms with Crippen LogP contribution in [0.2, 0.25) is 0 Å². The largest absolute Gasteiger partial charge is 0.494 e. The van der Waals surface area contributed by atoms with Crippen LogP contribution in [0.15, 0.2) is 60.8 Å². The molecule has 138 valence electrons. The molecule has 3 rings (SSSR count). The summed E-state index contributed by atoms with van der Waals surface area (Å²) in [7, 11) is 1.50. The van der Waals surface area contributed by atoms with Crippen molar-refractivity contribution in [1.29, 1.82) is 0 Å². The van der Waals surface area contributed by atoms with E-state index in [1.54, 1.807) is 24.4 Å². The quantitative estimate of drug-likeness (QED) is 0.671. The number of aromatic nitrogens is 1. The number of hydrogen-bond acceptors (Lipinski definition) is 3. The monoisotopic (exact) mass is 364 g/mol. The van der Waals surface area contributed by atoms with E-state index < -0.39 is 5.82 Å². The summed E-state index contributed by atoms with van der Waals surface area (Å²) < 4.78 is 19.8. The van der Waals surface area contributed by atoms with E-state index in [1.165, 1.54) is 24.8 Å². The summed E-state index contributed by atoms with van der Waals surface area (Å²) in [5, 5.41) is 2.79. The highest BCUT2D eigenvalue weighted by Gasteiger charge is 2.15. The molecule has 0 saturated carbocycles. The standard InChI is InChI=1S/C22H21FN2O2/c1-14(2)15-6-9-17(10-7-15)25-22(26)16-8-11-18(19(23)13-16)21-20(27-3)5-4-12-24-21/h4-14H,1-3H3,(H,25,26). The fourth-order valence-corrected chi connectivity index (χ4v) is 2.76. The molecule has 0 fully saturated rings. The van der Waals surface area contributed by atoms with Gasteiger partial charge in [-0.3, -0.25) is 9.78 Å². The number of carbonyl (C=O) groups excluding carboxylic acids is 1. The molecule has 1 heterocycles. The summed E-state index contributed by atoms with van der Waals surface area (Å²) in [5.74, 6) is -0.0145. The van der Waals surface area contributed by atoms with Gasteiger partial charge in [-0.15, -0.1) is 0 Å². The molecule has 3 aromatic rings. The van der Waals surface area contributed by atoms with E-state index in [0.717, 1.165) is 0 Å². The van der Waals surface area contributed by atoms with Gasteiger partial charge in [0.05, 0.1) is 7.11 Å². The van der Waals surface area contributed by atoms with Crippen molar-refractivity contribution < 1.29 is 13.9 Å². The molecule has 0 atom stereocenters. The fraction of sp³-hybridized carbons (Fsp3) is 0.182. The molecule has 1 N–H and O–H groups in total. The second kappa shape index (κ2) is 7.99. The van der Waals surface area contributed by atoms with Crippen molar-refractivity contribution in [3.8, 4) is 17.0 Å². The Kier molecular flexibility index (Phi) is 5.50. The number of ether oxygens (including phenoxy) is 1. The van der Waals surface area contributed by atoms with Crippen molar-refractivity contribution in [2.24, 2.45) is 0 Å². The molecular formula is C22H21FN2O2. The minimum Gasteiger partial charge on any atom is -0.494 e. The maximum atomic E-state index is 14.6. The molecule has 0 bridgehead atoms. The molecule has 0 saturated heterocycles. The van der Waals surface area contributed by atoms with Crippen molar-refractivity contribution in [3.05, 3.63) is 77.7 Å². The van der Waals surface area contributed by atoms with Crippen LogP contribution in [-0.2, 0) is 0 Å². The zero-order valence-electron chi connectivity index (χ0n) is 15.5. The van der Waals surface area contributed by atoms with Crippen LogP contribution < -0.4 is 10.1 Å². The summed E-state index contributed by atoms with van der Waals surface area (Å²) in [6.45, 7) is 4.21. The predicted molar refractivity (Wildman–Crippen MR) is 105 cm³/mol. The van der Waals surface area contributed by atoms with Gasteiger partial charge in [0.15, 0.2) is 0 Å². The Morgan fingerprint density at radius 1 is 1.11 bits per heavy atom. The van der Waals surface area contributed by atoms with Crippen LogP contribution in [0.5, 0.6) is 5.75 Å². The zero-order valence-corrected chi connectivity index (χ0v) is 15.5. The zero-order chi connectivity index (χ0) is 19.4. The van der Waals surface area contributed by atoms with Crippen LogP contribution in [0.1, 0.15) is 35.7 Å². The van der Waals surface area contributed by atoms with Crippen molar-refractivity contribution in [3.63, 3.8) is 0 Å². The van der Waals surface area contributed by atoms with Gasteiger partial charge in [0.2, 0.25) is 0 Å². The molecule has 0 spiro atoms. The first-order valence-corrected chi connectivity index (χ1v) is 8.70. The number of halogens is 1. The maximum absolute atomic E-state index is 14.6. The highest BCUT2D eigenvalue weighted by atomic mass is 19.1. The minimum atomic E-state index is -0.533. The SMILES string of the molecule is COc1cccnc1-c1ccc(C(=O)Nc2ccc(C(C)C)cc2)cc1F. The van der Waals surface area contributed by atoms with Crippen molar-refractivity contribution in [1.82, 2.24) is 4.98 Å². The number of rotatable bonds is 5. The van der Waals surface area contributed by atoms with E-state index in [1.807, 2.05) is 24.3 Å². The third kappa shape index (κ3) is 4.14. The number of hydrogen-bond donors (Lipinski definition) is 1. The molecule has 1 aromatic heterocycles. The van der Waals surface area contributed by atoms with Crippen molar-refractivity contribution in [2.45, 2.75) is 19.8 Å². The second-order valence-corrected chi connectivity index (χ2v) is 6.48. The maximum Gasteiger partial charge on any atom is 0.255 e. The lowest BCUT2D eigenvalue weighted by molar-refractivity contribution is 0.102. The molecule has 0 aliphatic heterocycles. The third-order valence-corrected chi connectivity index (χ3v) is 4.31. The number of nitrogens with one attached hydrogen (secondary N) is 1. The van der Waals surface area contributed by atoms with E-state index in [4.69, 9.17) is 4.74 Å². The highest BCUT2D eigenvalue weighted by molar-refractivity contribution is 6.04. The van der Waals surface area contributed by atoms with Crippen LogP contribution in [0, 0.1) is 5.82 Å². The minimum absolute atomic E-state index is 0.235. The van der Waals surface area contributed by atoms with E-state index in [2.05, 4.69) is 24.1 Å². The molecule has 1 amide bonds. The van der Waals surface area contributed by atoms with Crippen LogP contribution >= 0.6 is 0 Å². The highest BCUT2D eigenvalue weighted by Crippen LogP contribution is 2.30. The van der Waals surface area contributed by atoms with Crippen LogP contribution in [-0.4, -0.2) is 18.0 Å². The van der Waals surface area contributed by atoms with E-state index in [-0.39, 0.29) is 17.0 Å². The van der Waals surface area contributed by atoms with Crippen LogP contribution in [0.25, 0.3) is 11.3 Å². The normalized spacial score (nSPS) is 10.7. The Morgan fingerprint density at radius 3 is 2.48 bits per heavy atom. The molecule has 0 aliphatic carbocycles. The van der Waals surface area contributed by atoms with E-state index in [0.29, 0.717) is 23.0 Å². The van der Waals surface area contributed by atoms with Gasteiger partial charge in [-0.2, -0.15) is 0 Å². The summed E-state index contributed by atoms with van der Waals surface area (Å²) in [5.41, 5.74) is 2.77. The summed E-state index contributed by atoms with van der Waals surface area (Å²) in [4.78, 5) is 16.6. The van der Waals surface area contributed by atoms with Gasteiger partial charge in [-0.05, 0) is 53.9 Å². The van der Waals surface area contributed by atoms with Gasteiger partial charge in [0.25, 0.3) is 5.91 Å². The van der Waals surface area contributed by atoms with E-state index in [9.17, 15) is 9.18 Å². The number of nitrogens with zero attached hydrogens (tertiary/aromatic N) is 1. The Balaban J connectivity index is 1.81. The predicted octanol–water partition coefficient (Wildman–Crippen LogP) is 5.27. The summed E-state index contributed by atoms with van der Waals surface area (Å²) >= 11 is 0. The van der Waals surface area contributed by atoms with Gasteiger partial charge in [-0.25, -0.2) is 4.39 Å². The Labute approximate surface area is 158 Å². The van der Waals surface area contributed by atoms with Crippen molar-refractivity contribution in [2.75, 3.05) is 12.4 Å². The molecule has 2 aromatic carbocycles. The van der Waals surface area contributed by atoms with Gasteiger partial charge < -0.3 is 10.1 Å². The number of amides is 1. The first-order chi connectivity index (χ1) is 13.0. The average molecular weight is 364 g/mol. The first kappa shape index (κ1) is 18.6. The van der Waals surface area contributed by atoms with Gasteiger partial charge in [0.1, 0.15) is 17.3 Å². The summed E-state index contributed by atoms with van der Waals surface area (Å²) in [6.07, 6.45) is 1.57. The lowest BCUT2D eigenvalue weighted by Crippen LogP contribution is -2.12. The third-order valence-electron chi connectivity index (χ3n) is 4.31. The van der Waals surface area contributed by atoms with Crippen LogP contribution in [0.3, 0.4) is 0 Å². The van der Waals surface area contributed by atoms with Gasteiger partial charge in [-0.1, -0.05) is 26.0 Å². The Bertz CT molecular complexity index is 953. The molecule has 0 unspecified atom stereocenters. The smallest absolute Gasteiger partial charge is 0.255 e. The van der Waals surface area contributed by atoms with Gasteiger partial charge >= 0.3 is 0 Å². The topological polar surface area (TPSA) is 51.2 Å². The fourth-order valence-electron chi connectivity index (χ4n) is 2.76. The molecular weight excluding hydrogens is 343 g/mol. The van der Waals surface area contributed by atoms with Gasteiger partial charge in [0, 0.05) is 23.0 Å². The Hall–Kier alpha value is -3.21. The van der Waals surface area contributed by atoms with Crippen molar-refractivity contribution >= 4 is 11.6 Å². The van der Waals surface area contributed by atoms with Crippen LogP contribution in [0.4, 0.5) is 10.1 Å². The van der Waals surface area contributed by atoms with E-state index >= 15 is 0 Å².